The van der Waals surface area contributed by atoms with Gasteiger partial charge in [-0.25, -0.2) is 0 Å². The molecule has 1 aromatic rings. The molecule has 2 bridgehead atoms. The molecule has 102 valence electrons. The van der Waals surface area contributed by atoms with Crippen molar-refractivity contribution in [2.75, 3.05) is 7.11 Å². The molecule has 19 heavy (non-hydrogen) atoms. The van der Waals surface area contributed by atoms with E-state index in [1.165, 1.54) is 0 Å². The number of hydrogen-bond donors (Lipinski definition) is 0. The molecule has 4 heteroatoms. The Kier molecular flexibility index (Phi) is 3.44. The summed E-state index contributed by atoms with van der Waals surface area (Å²) in [6, 6.07) is 7.34. The first-order valence-electron chi connectivity index (χ1n) is 6.76. The summed E-state index contributed by atoms with van der Waals surface area (Å²) in [5, 5.41) is 0.497. The molecule has 0 aliphatic carbocycles. The Hall–Kier alpha value is -1.16. The molecule has 1 aromatic carbocycles. The van der Waals surface area contributed by atoms with Crippen LogP contribution in [0.25, 0.3) is 0 Å². The molecule has 0 amide bonds. The van der Waals surface area contributed by atoms with Crippen molar-refractivity contribution in [2.45, 2.75) is 36.2 Å². The Morgan fingerprint density at radius 2 is 1.95 bits per heavy atom. The largest absolute Gasteiger partial charge is 0.497 e. The number of fused-ring (bicyclic) bond motifs is 2. The van der Waals surface area contributed by atoms with E-state index < -0.39 is 10.8 Å². The Morgan fingerprint density at radius 1 is 1.26 bits per heavy atom. The van der Waals surface area contributed by atoms with Gasteiger partial charge in [0.1, 0.15) is 5.75 Å². The molecule has 0 saturated carbocycles. The van der Waals surface area contributed by atoms with E-state index in [1.54, 1.807) is 13.2 Å². The fraction of sp³-hybridized carbons (Fsp3) is 0.533. The molecule has 0 spiro atoms. The normalized spacial score (nSPS) is 33.1. The molecule has 3 nitrogen and oxygen atoms in total. The number of hydrogen-bond acceptors (Lipinski definition) is 3. The molecule has 2 fully saturated rings. The van der Waals surface area contributed by atoms with E-state index in [0.29, 0.717) is 5.75 Å². The van der Waals surface area contributed by atoms with Crippen molar-refractivity contribution in [3.05, 3.63) is 29.8 Å². The Morgan fingerprint density at radius 3 is 2.58 bits per heavy atom. The number of carbonyl (C=O) groups is 1. The molecule has 2 aliphatic rings. The van der Waals surface area contributed by atoms with Crippen LogP contribution in [0, 0.1) is 5.92 Å². The van der Waals surface area contributed by atoms with Crippen LogP contribution in [0.4, 0.5) is 0 Å². The van der Waals surface area contributed by atoms with Crippen LogP contribution in [-0.2, 0) is 10.8 Å². The summed E-state index contributed by atoms with van der Waals surface area (Å²) in [5.41, 5.74) is 0.719. The van der Waals surface area contributed by atoms with Gasteiger partial charge in [-0.3, -0.25) is 9.00 Å². The van der Waals surface area contributed by atoms with Gasteiger partial charge in [-0.05, 0) is 37.8 Å². The van der Waals surface area contributed by atoms with Gasteiger partial charge in [-0.1, -0.05) is 12.1 Å². The van der Waals surface area contributed by atoms with Crippen molar-refractivity contribution in [1.82, 2.24) is 0 Å². The van der Waals surface area contributed by atoms with Gasteiger partial charge in [0, 0.05) is 32.8 Å². The minimum atomic E-state index is -0.695. The van der Waals surface area contributed by atoms with Crippen molar-refractivity contribution in [3.8, 4) is 5.75 Å². The van der Waals surface area contributed by atoms with Gasteiger partial charge in [0.15, 0.2) is 5.78 Å². The average molecular weight is 278 g/mol. The maximum absolute atomic E-state index is 12.5. The number of carbonyl (C=O) groups excluding carboxylic acids is 1. The lowest BCUT2D eigenvalue weighted by atomic mass is 9.90. The van der Waals surface area contributed by atoms with Crippen LogP contribution in [0.2, 0.25) is 0 Å². The predicted molar refractivity (Wildman–Crippen MR) is 75.0 cm³/mol. The van der Waals surface area contributed by atoms with Gasteiger partial charge in [0.05, 0.1) is 7.11 Å². The van der Waals surface area contributed by atoms with E-state index in [4.69, 9.17) is 4.74 Å². The van der Waals surface area contributed by atoms with Crippen LogP contribution in [0.5, 0.6) is 5.75 Å². The zero-order valence-corrected chi connectivity index (χ0v) is 11.8. The average Bonchev–Trinajstić information content (AvgIpc) is 2.68. The quantitative estimate of drug-likeness (QED) is 0.798. The highest BCUT2D eigenvalue weighted by molar-refractivity contribution is 7.86. The summed E-state index contributed by atoms with van der Waals surface area (Å²) in [7, 11) is 0.910. The molecular weight excluding hydrogens is 260 g/mol. The van der Waals surface area contributed by atoms with Crippen molar-refractivity contribution in [2.24, 2.45) is 5.92 Å². The van der Waals surface area contributed by atoms with Crippen molar-refractivity contribution in [3.63, 3.8) is 0 Å². The van der Waals surface area contributed by atoms with Crippen LogP contribution in [0.1, 0.15) is 36.0 Å². The lowest BCUT2D eigenvalue weighted by molar-refractivity contribution is 0.0906. The second-order valence-electron chi connectivity index (χ2n) is 5.41. The number of benzene rings is 1. The first-order chi connectivity index (χ1) is 9.19. The Labute approximate surface area is 115 Å². The van der Waals surface area contributed by atoms with Crippen LogP contribution in [0.3, 0.4) is 0 Å². The molecular formula is C15H18O3S. The fourth-order valence-corrected chi connectivity index (χ4v) is 5.38. The van der Waals surface area contributed by atoms with Gasteiger partial charge in [-0.2, -0.15) is 0 Å². The molecule has 2 saturated heterocycles. The smallest absolute Gasteiger partial charge is 0.166 e. The fourth-order valence-electron chi connectivity index (χ4n) is 3.26. The topological polar surface area (TPSA) is 43.4 Å². The summed E-state index contributed by atoms with van der Waals surface area (Å²) >= 11 is 0. The monoisotopic (exact) mass is 278 g/mol. The highest BCUT2D eigenvalue weighted by Crippen LogP contribution is 2.39. The molecule has 2 atom stereocenters. The summed E-state index contributed by atoms with van der Waals surface area (Å²) in [6.07, 6.45) is 3.64. The third kappa shape index (κ3) is 2.34. The molecule has 2 unspecified atom stereocenters. The van der Waals surface area contributed by atoms with Gasteiger partial charge in [-0.15, -0.1) is 0 Å². The van der Waals surface area contributed by atoms with E-state index in [0.717, 1.165) is 31.2 Å². The molecule has 0 N–H and O–H groups in total. The third-order valence-corrected chi connectivity index (χ3v) is 6.46. The minimum absolute atomic E-state index is 0.0438. The highest BCUT2D eigenvalue weighted by atomic mass is 32.2. The molecule has 0 aromatic heterocycles. The van der Waals surface area contributed by atoms with E-state index >= 15 is 0 Å². The summed E-state index contributed by atoms with van der Waals surface area (Å²) in [4.78, 5) is 12.5. The standard InChI is InChI=1S/C15H18O3S/c1-18-12-4-2-3-10(7-12)15(16)11-8-13-5-6-14(9-11)19(13)17/h2-4,7,11,13-14H,5-6,8-9H2,1H3. The minimum Gasteiger partial charge on any atom is -0.497 e. The first-order valence-corrected chi connectivity index (χ1v) is 8.04. The first kappa shape index (κ1) is 12.9. The van der Waals surface area contributed by atoms with E-state index in [-0.39, 0.29) is 22.2 Å². The van der Waals surface area contributed by atoms with Crippen LogP contribution < -0.4 is 4.74 Å². The number of ketones is 1. The second kappa shape index (κ2) is 5.08. The zero-order valence-electron chi connectivity index (χ0n) is 11.0. The Balaban J connectivity index is 1.79. The second-order valence-corrected chi connectivity index (χ2v) is 7.40. The summed E-state index contributed by atoms with van der Waals surface area (Å²) < 4.78 is 17.1. The summed E-state index contributed by atoms with van der Waals surface area (Å²) in [6.45, 7) is 0. The van der Waals surface area contributed by atoms with E-state index in [1.807, 2.05) is 18.2 Å². The number of ether oxygens (including phenoxy) is 1. The van der Waals surface area contributed by atoms with E-state index in [2.05, 4.69) is 0 Å². The lowest BCUT2D eigenvalue weighted by Gasteiger charge is -2.26. The predicted octanol–water partition coefficient (Wildman–Crippen LogP) is 2.57. The van der Waals surface area contributed by atoms with E-state index in [9.17, 15) is 9.00 Å². The molecule has 3 rings (SSSR count). The third-order valence-electron chi connectivity index (χ3n) is 4.29. The van der Waals surface area contributed by atoms with Crippen LogP contribution in [-0.4, -0.2) is 27.6 Å². The van der Waals surface area contributed by atoms with Crippen LogP contribution >= 0.6 is 0 Å². The van der Waals surface area contributed by atoms with Crippen molar-refractivity contribution >= 4 is 16.6 Å². The number of rotatable bonds is 3. The SMILES string of the molecule is COc1cccc(C(=O)C2CC3CCC(C2)S3=O)c1. The maximum atomic E-state index is 12.5. The molecule has 2 heterocycles. The van der Waals surface area contributed by atoms with Gasteiger partial charge in [0.25, 0.3) is 0 Å². The van der Waals surface area contributed by atoms with Gasteiger partial charge in [0.2, 0.25) is 0 Å². The number of Topliss-reactive ketones (excluding diaryl/α,β-unsaturated/α-hetero) is 1. The highest BCUT2D eigenvalue weighted by Gasteiger charge is 2.42. The Bertz CT molecular complexity index is 510. The molecule has 0 radical (unpaired) electrons. The van der Waals surface area contributed by atoms with Crippen LogP contribution in [0.15, 0.2) is 24.3 Å². The lowest BCUT2D eigenvalue weighted by Crippen LogP contribution is -2.32. The number of methoxy groups -OCH3 is 1. The van der Waals surface area contributed by atoms with Crippen molar-refractivity contribution in [1.29, 1.82) is 0 Å². The van der Waals surface area contributed by atoms with Gasteiger partial charge >= 0.3 is 0 Å². The van der Waals surface area contributed by atoms with Gasteiger partial charge < -0.3 is 4.74 Å². The zero-order chi connectivity index (χ0) is 13.4. The summed E-state index contributed by atoms with van der Waals surface area (Å²) in [5.74, 6) is 0.947. The molecule has 2 aliphatic heterocycles. The van der Waals surface area contributed by atoms with Crippen molar-refractivity contribution < 1.29 is 13.7 Å². The maximum Gasteiger partial charge on any atom is 0.166 e.